The summed E-state index contributed by atoms with van der Waals surface area (Å²) < 4.78 is 0. The van der Waals surface area contributed by atoms with E-state index in [1.165, 1.54) is 48.6 Å². The van der Waals surface area contributed by atoms with Crippen LogP contribution in [0.3, 0.4) is 0 Å². The largest absolute Gasteiger partial charge is 0.361 e. The molecule has 1 aliphatic rings. The van der Waals surface area contributed by atoms with Gasteiger partial charge in [0.1, 0.15) is 0 Å². The van der Waals surface area contributed by atoms with Gasteiger partial charge in [0, 0.05) is 17.1 Å². The zero-order valence-corrected chi connectivity index (χ0v) is 9.27. The molecule has 1 nitrogen and oxygen atoms in total. The van der Waals surface area contributed by atoms with Gasteiger partial charge in [0.25, 0.3) is 0 Å². The molecule has 1 heteroatoms. The lowest BCUT2D eigenvalue weighted by Gasteiger charge is -2.07. The Hall–Kier alpha value is -1.24. The van der Waals surface area contributed by atoms with E-state index in [0.717, 1.165) is 0 Å². The molecule has 0 spiro atoms. The maximum atomic E-state index is 3.36. The van der Waals surface area contributed by atoms with Crippen LogP contribution in [0.15, 0.2) is 18.3 Å². The number of fused-ring (bicyclic) bond motifs is 3. The Bertz CT molecular complexity index is 493. The van der Waals surface area contributed by atoms with Gasteiger partial charge in [-0.25, -0.2) is 0 Å². The molecule has 0 aliphatic heterocycles. The maximum absolute atomic E-state index is 3.36. The van der Waals surface area contributed by atoms with E-state index in [-0.39, 0.29) is 0 Å². The zero-order valence-electron chi connectivity index (χ0n) is 9.27. The Kier molecular flexibility index (Phi) is 2.05. The second kappa shape index (κ2) is 3.41. The predicted molar refractivity (Wildman–Crippen MR) is 64.3 cm³/mol. The Morgan fingerprint density at radius 2 is 1.93 bits per heavy atom. The number of aromatic nitrogens is 1. The van der Waals surface area contributed by atoms with Crippen LogP contribution in [0.4, 0.5) is 0 Å². The van der Waals surface area contributed by atoms with E-state index in [9.17, 15) is 0 Å². The van der Waals surface area contributed by atoms with Crippen LogP contribution in [0.2, 0.25) is 0 Å². The highest BCUT2D eigenvalue weighted by atomic mass is 14.7. The van der Waals surface area contributed by atoms with E-state index in [0.29, 0.717) is 0 Å². The molecule has 0 radical (unpaired) electrons. The first-order valence-corrected chi connectivity index (χ1v) is 5.95. The van der Waals surface area contributed by atoms with Gasteiger partial charge in [0.05, 0.1) is 0 Å². The zero-order chi connectivity index (χ0) is 10.3. The van der Waals surface area contributed by atoms with Crippen LogP contribution in [-0.4, -0.2) is 4.98 Å². The van der Waals surface area contributed by atoms with Crippen LogP contribution in [0.5, 0.6) is 0 Å². The number of aryl methyl sites for hydroxylation is 3. The second-order valence-corrected chi connectivity index (χ2v) is 4.66. The van der Waals surface area contributed by atoms with Gasteiger partial charge in [-0.3, -0.25) is 0 Å². The molecule has 78 valence electrons. The first-order valence-electron chi connectivity index (χ1n) is 5.95. The summed E-state index contributed by atoms with van der Waals surface area (Å²) in [6, 6.07) is 4.56. The van der Waals surface area contributed by atoms with Gasteiger partial charge in [0.2, 0.25) is 0 Å². The summed E-state index contributed by atoms with van der Waals surface area (Å²) in [6.45, 7) is 2.21. The number of rotatable bonds is 0. The SMILES string of the molecule is Cc1c[nH]c2ccc3c(c12)CCCCC3. The van der Waals surface area contributed by atoms with Crippen molar-refractivity contribution in [3.8, 4) is 0 Å². The number of H-pyrrole nitrogens is 1. The number of benzene rings is 1. The van der Waals surface area contributed by atoms with Gasteiger partial charge in [-0.15, -0.1) is 0 Å². The summed E-state index contributed by atoms with van der Waals surface area (Å²) in [7, 11) is 0. The summed E-state index contributed by atoms with van der Waals surface area (Å²) in [5.74, 6) is 0. The minimum Gasteiger partial charge on any atom is -0.361 e. The lowest BCUT2D eigenvalue weighted by molar-refractivity contribution is 0.712. The molecule has 2 aromatic rings. The third-order valence-electron chi connectivity index (χ3n) is 3.62. The Morgan fingerprint density at radius 1 is 1.07 bits per heavy atom. The monoisotopic (exact) mass is 199 g/mol. The third kappa shape index (κ3) is 1.38. The van der Waals surface area contributed by atoms with Crippen molar-refractivity contribution in [3.05, 3.63) is 35.0 Å². The minimum atomic E-state index is 1.27. The van der Waals surface area contributed by atoms with Crippen LogP contribution in [0, 0.1) is 6.92 Å². The van der Waals surface area contributed by atoms with E-state index in [4.69, 9.17) is 0 Å². The molecule has 0 fully saturated rings. The lowest BCUT2D eigenvalue weighted by Crippen LogP contribution is -1.92. The highest BCUT2D eigenvalue weighted by Crippen LogP contribution is 2.29. The smallest absolute Gasteiger partial charge is 0.0459 e. The maximum Gasteiger partial charge on any atom is 0.0459 e. The number of nitrogens with one attached hydrogen (secondary N) is 1. The van der Waals surface area contributed by atoms with Crippen molar-refractivity contribution < 1.29 is 0 Å². The number of hydrogen-bond donors (Lipinski definition) is 1. The standard InChI is InChI=1S/C14H17N/c1-10-9-15-13-8-7-11-5-3-2-4-6-12(11)14(10)13/h7-9,15H,2-6H2,1H3. The van der Waals surface area contributed by atoms with Crippen molar-refractivity contribution in [1.29, 1.82) is 0 Å². The summed E-state index contributed by atoms with van der Waals surface area (Å²) in [6.07, 6.45) is 8.79. The first kappa shape index (κ1) is 9.02. The Labute approximate surface area is 90.5 Å². The fraction of sp³-hybridized carbons (Fsp3) is 0.429. The molecule has 0 atom stereocenters. The average Bonchev–Trinajstić information content (AvgIpc) is 2.51. The van der Waals surface area contributed by atoms with Gasteiger partial charge < -0.3 is 4.98 Å². The van der Waals surface area contributed by atoms with Gasteiger partial charge >= 0.3 is 0 Å². The molecule has 1 N–H and O–H groups in total. The average molecular weight is 199 g/mol. The van der Waals surface area contributed by atoms with Gasteiger partial charge in [0.15, 0.2) is 0 Å². The molecule has 15 heavy (non-hydrogen) atoms. The van der Waals surface area contributed by atoms with Crippen LogP contribution >= 0.6 is 0 Å². The fourth-order valence-corrected chi connectivity index (χ4v) is 2.83. The minimum absolute atomic E-state index is 1.27. The van der Waals surface area contributed by atoms with Crippen LogP contribution < -0.4 is 0 Å². The first-order chi connectivity index (χ1) is 7.36. The molecule has 0 saturated carbocycles. The van der Waals surface area contributed by atoms with Crippen molar-refractivity contribution in [2.45, 2.75) is 39.0 Å². The quantitative estimate of drug-likeness (QED) is 0.622. The summed E-state index contributed by atoms with van der Waals surface area (Å²) in [5.41, 5.74) is 5.92. The number of hydrogen-bond acceptors (Lipinski definition) is 0. The molecule has 1 heterocycles. The lowest BCUT2D eigenvalue weighted by atomic mass is 9.97. The molecule has 0 unspecified atom stereocenters. The fourth-order valence-electron chi connectivity index (χ4n) is 2.83. The van der Waals surface area contributed by atoms with Gasteiger partial charge in [-0.05, 0) is 55.4 Å². The highest BCUT2D eigenvalue weighted by Gasteiger charge is 2.13. The molecular formula is C14H17N. The van der Waals surface area contributed by atoms with Crippen LogP contribution in [0.1, 0.15) is 36.0 Å². The van der Waals surface area contributed by atoms with Gasteiger partial charge in [-0.2, -0.15) is 0 Å². The van der Waals surface area contributed by atoms with Crippen molar-refractivity contribution in [2.75, 3.05) is 0 Å². The molecule has 0 bridgehead atoms. The third-order valence-corrected chi connectivity index (χ3v) is 3.62. The van der Waals surface area contributed by atoms with E-state index in [1.54, 1.807) is 11.1 Å². The van der Waals surface area contributed by atoms with Crippen molar-refractivity contribution >= 4 is 10.9 Å². The Balaban J connectivity index is 2.30. The van der Waals surface area contributed by atoms with E-state index >= 15 is 0 Å². The molecular weight excluding hydrogens is 182 g/mol. The van der Waals surface area contributed by atoms with E-state index in [1.807, 2.05) is 0 Å². The summed E-state index contributed by atoms with van der Waals surface area (Å²) in [5, 5.41) is 1.49. The second-order valence-electron chi connectivity index (χ2n) is 4.66. The Morgan fingerprint density at radius 3 is 2.87 bits per heavy atom. The topological polar surface area (TPSA) is 15.8 Å². The van der Waals surface area contributed by atoms with E-state index in [2.05, 4.69) is 30.2 Å². The molecule has 1 aromatic carbocycles. The predicted octanol–water partition coefficient (Wildman–Crippen LogP) is 3.75. The molecule has 3 rings (SSSR count). The van der Waals surface area contributed by atoms with Crippen molar-refractivity contribution in [2.24, 2.45) is 0 Å². The molecule has 1 aromatic heterocycles. The molecule has 0 saturated heterocycles. The van der Waals surface area contributed by atoms with Crippen molar-refractivity contribution in [1.82, 2.24) is 4.98 Å². The summed E-state index contributed by atoms with van der Waals surface area (Å²) >= 11 is 0. The van der Waals surface area contributed by atoms with Crippen molar-refractivity contribution in [3.63, 3.8) is 0 Å². The van der Waals surface area contributed by atoms with Crippen LogP contribution in [0.25, 0.3) is 10.9 Å². The normalized spacial score (nSPS) is 16.3. The number of aromatic amines is 1. The molecule has 1 aliphatic carbocycles. The van der Waals surface area contributed by atoms with Gasteiger partial charge in [-0.1, -0.05) is 12.5 Å². The summed E-state index contributed by atoms with van der Waals surface area (Å²) in [4.78, 5) is 3.36. The highest BCUT2D eigenvalue weighted by molar-refractivity contribution is 5.87. The molecule has 0 amide bonds. The van der Waals surface area contributed by atoms with E-state index < -0.39 is 0 Å². The van der Waals surface area contributed by atoms with Crippen LogP contribution in [-0.2, 0) is 12.8 Å².